The first-order valence-electron chi connectivity index (χ1n) is 5.12. The van der Waals surface area contributed by atoms with E-state index in [0.29, 0.717) is 6.54 Å². The summed E-state index contributed by atoms with van der Waals surface area (Å²) in [7, 11) is -3.11. The van der Waals surface area contributed by atoms with E-state index in [2.05, 4.69) is 4.72 Å². The number of rotatable bonds is 0. The van der Waals surface area contributed by atoms with Crippen molar-refractivity contribution in [1.29, 1.82) is 0 Å². The van der Waals surface area contributed by atoms with Crippen molar-refractivity contribution >= 4 is 20.8 Å². The lowest BCUT2D eigenvalue weighted by atomic mass is 10.00. The molecule has 0 saturated heterocycles. The molecule has 0 bridgehead atoms. The highest BCUT2D eigenvalue weighted by Crippen LogP contribution is 2.26. The van der Waals surface area contributed by atoms with Gasteiger partial charge in [-0.1, -0.05) is 36.4 Å². The van der Waals surface area contributed by atoms with E-state index in [4.69, 9.17) is 0 Å². The van der Waals surface area contributed by atoms with Crippen molar-refractivity contribution in [2.75, 3.05) is 0 Å². The summed E-state index contributed by atoms with van der Waals surface area (Å²) in [6, 6.07) is 11.9. The van der Waals surface area contributed by atoms with E-state index < -0.39 is 10.0 Å². The van der Waals surface area contributed by atoms with Gasteiger partial charge >= 0.3 is 0 Å². The van der Waals surface area contributed by atoms with Crippen molar-refractivity contribution < 1.29 is 8.42 Å². The van der Waals surface area contributed by atoms with E-state index >= 15 is 0 Å². The largest absolute Gasteiger partial charge is 0.216 e. The molecule has 1 aliphatic heterocycles. The van der Waals surface area contributed by atoms with Gasteiger partial charge in [-0.05, 0) is 21.9 Å². The van der Waals surface area contributed by atoms with E-state index in [-0.39, 0.29) is 5.75 Å². The molecular formula is C12H11NO2S. The number of fused-ring (bicyclic) bond motifs is 3. The Balaban J connectivity index is 2.29. The van der Waals surface area contributed by atoms with Gasteiger partial charge in [0.25, 0.3) is 0 Å². The molecule has 4 heteroatoms. The van der Waals surface area contributed by atoms with E-state index in [1.165, 1.54) is 0 Å². The average molecular weight is 233 g/mol. The van der Waals surface area contributed by atoms with Crippen LogP contribution in [-0.4, -0.2) is 8.42 Å². The van der Waals surface area contributed by atoms with E-state index in [1.807, 2.05) is 36.4 Å². The van der Waals surface area contributed by atoms with Crippen molar-refractivity contribution in [3.05, 3.63) is 47.5 Å². The summed E-state index contributed by atoms with van der Waals surface area (Å²) >= 11 is 0. The Morgan fingerprint density at radius 2 is 1.88 bits per heavy atom. The molecule has 0 amide bonds. The average Bonchev–Trinajstić information content (AvgIpc) is 2.27. The predicted octanol–water partition coefficient (Wildman–Crippen LogP) is 1.77. The highest BCUT2D eigenvalue weighted by molar-refractivity contribution is 7.88. The zero-order chi connectivity index (χ0) is 11.2. The normalized spacial score (nSPS) is 18.2. The van der Waals surface area contributed by atoms with Crippen LogP contribution in [-0.2, 0) is 22.3 Å². The van der Waals surface area contributed by atoms with Crippen molar-refractivity contribution in [2.45, 2.75) is 12.3 Å². The van der Waals surface area contributed by atoms with Crippen LogP contribution < -0.4 is 4.72 Å². The molecule has 2 aromatic carbocycles. The number of nitrogens with one attached hydrogen (secondary N) is 1. The minimum atomic E-state index is -3.11. The molecule has 0 aliphatic carbocycles. The Morgan fingerprint density at radius 3 is 2.75 bits per heavy atom. The molecule has 0 radical (unpaired) electrons. The van der Waals surface area contributed by atoms with Gasteiger partial charge in [-0.2, -0.15) is 0 Å². The van der Waals surface area contributed by atoms with Gasteiger partial charge in [0, 0.05) is 6.54 Å². The molecule has 0 fully saturated rings. The van der Waals surface area contributed by atoms with Crippen LogP contribution in [0.15, 0.2) is 36.4 Å². The molecule has 1 aliphatic rings. The fraction of sp³-hybridized carbons (Fsp3) is 0.167. The van der Waals surface area contributed by atoms with Gasteiger partial charge < -0.3 is 0 Å². The van der Waals surface area contributed by atoms with Crippen LogP contribution in [0.2, 0.25) is 0 Å². The highest BCUT2D eigenvalue weighted by Gasteiger charge is 2.21. The molecular weight excluding hydrogens is 222 g/mol. The Hall–Kier alpha value is -1.39. The lowest BCUT2D eigenvalue weighted by Gasteiger charge is -2.19. The molecule has 82 valence electrons. The third-order valence-corrected chi connectivity index (χ3v) is 4.23. The molecule has 0 atom stereocenters. The van der Waals surface area contributed by atoms with E-state index in [0.717, 1.165) is 21.9 Å². The Kier molecular flexibility index (Phi) is 2.02. The van der Waals surface area contributed by atoms with Crippen LogP contribution in [0.25, 0.3) is 10.8 Å². The van der Waals surface area contributed by atoms with Gasteiger partial charge in [0.15, 0.2) is 0 Å². The summed E-state index contributed by atoms with van der Waals surface area (Å²) in [6.45, 7) is 0.402. The monoisotopic (exact) mass is 233 g/mol. The van der Waals surface area contributed by atoms with Gasteiger partial charge in [-0.3, -0.25) is 0 Å². The first kappa shape index (κ1) is 9.81. The molecule has 1 heterocycles. The lowest BCUT2D eigenvalue weighted by Crippen LogP contribution is -2.30. The van der Waals surface area contributed by atoms with Gasteiger partial charge in [0.2, 0.25) is 10.0 Å². The molecule has 1 N–H and O–H groups in total. The maximum Gasteiger partial charge on any atom is 0.216 e. The summed E-state index contributed by atoms with van der Waals surface area (Å²) in [4.78, 5) is 0. The third-order valence-electron chi connectivity index (χ3n) is 2.95. The van der Waals surface area contributed by atoms with Crippen LogP contribution in [0.4, 0.5) is 0 Å². The van der Waals surface area contributed by atoms with Crippen LogP contribution in [0, 0.1) is 0 Å². The minimum absolute atomic E-state index is 0.0904. The molecule has 0 aromatic heterocycles. The topological polar surface area (TPSA) is 46.2 Å². The number of sulfonamides is 1. The van der Waals surface area contributed by atoms with Crippen molar-refractivity contribution in [3.8, 4) is 0 Å². The van der Waals surface area contributed by atoms with Gasteiger partial charge in [-0.15, -0.1) is 0 Å². The molecule has 2 aromatic rings. The summed E-state index contributed by atoms with van der Waals surface area (Å²) in [5, 5.41) is 2.30. The maximum absolute atomic E-state index is 11.4. The van der Waals surface area contributed by atoms with Crippen molar-refractivity contribution in [3.63, 3.8) is 0 Å². The first-order valence-corrected chi connectivity index (χ1v) is 6.78. The van der Waals surface area contributed by atoms with Crippen molar-refractivity contribution in [1.82, 2.24) is 4.72 Å². The van der Waals surface area contributed by atoms with Gasteiger partial charge in [-0.25, -0.2) is 13.1 Å². The lowest BCUT2D eigenvalue weighted by molar-refractivity contribution is 0.576. The smallest absolute Gasteiger partial charge is 0.212 e. The van der Waals surface area contributed by atoms with Crippen molar-refractivity contribution in [2.24, 2.45) is 0 Å². The summed E-state index contributed by atoms with van der Waals surface area (Å²) in [5.41, 5.74) is 2.02. The second-order valence-corrected chi connectivity index (χ2v) is 5.81. The summed E-state index contributed by atoms with van der Waals surface area (Å²) in [5.74, 6) is 0.0904. The fourth-order valence-electron chi connectivity index (χ4n) is 2.16. The van der Waals surface area contributed by atoms with Crippen LogP contribution in [0.5, 0.6) is 0 Å². The van der Waals surface area contributed by atoms with Crippen LogP contribution in [0.1, 0.15) is 11.1 Å². The highest BCUT2D eigenvalue weighted by atomic mass is 32.2. The zero-order valence-electron chi connectivity index (χ0n) is 8.60. The Bertz CT molecular complexity index is 662. The summed E-state index contributed by atoms with van der Waals surface area (Å²) in [6.07, 6.45) is 0. The SMILES string of the molecule is O=S1(=O)Cc2ccc3ccccc3c2CN1. The Labute approximate surface area is 94.1 Å². The van der Waals surface area contributed by atoms with Crippen LogP contribution in [0.3, 0.4) is 0 Å². The number of hydrogen-bond acceptors (Lipinski definition) is 2. The quantitative estimate of drug-likeness (QED) is 0.753. The molecule has 0 unspecified atom stereocenters. The maximum atomic E-state index is 11.4. The minimum Gasteiger partial charge on any atom is -0.212 e. The van der Waals surface area contributed by atoms with Gasteiger partial charge in [0.05, 0.1) is 5.75 Å². The van der Waals surface area contributed by atoms with E-state index in [1.54, 1.807) is 0 Å². The molecule has 0 saturated carbocycles. The first-order chi connectivity index (χ1) is 7.66. The summed E-state index contributed by atoms with van der Waals surface area (Å²) < 4.78 is 25.5. The molecule has 16 heavy (non-hydrogen) atoms. The third kappa shape index (κ3) is 1.50. The Morgan fingerprint density at radius 1 is 1.06 bits per heavy atom. The molecule has 3 rings (SSSR count). The fourth-order valence-corrected chi connectivity index (χ4v) is 3.31. The molecule has 0 spiro atoms. The second-order valence-electron chi connectivity index (χ2n) is 4.00. The molecule has 3 nitrogen and oxygen atoms in total. The zero-order valence-corrected chi connectivity index (χ0v) is 9.42. The van der Waals surface area contributed by atoms with Gasteiger partial charge in [0.1, 0.15) is 0 Å². The standard InChI is InChI=1S/C12H11NO2S/c14-16(15)8-10-6-5-9-3-1-2-4-11(9)12(10)7-13-16/h1-6,13H,7-8H2. The number of hydrogen-bond donors (Lipinski definition) is 1. The second kappa shape index (κ2) is 3.30. The van der Waals surface area contributed by atoms with Crippen LogP contribution >= 0.6 is 0 Å². The predicted molar refractivity (Wildman–Crippen MR) is 63.4 cm³/mol. The van der Waals surface area contributed by atoms with E-state index in [9.17, 15) is 8.42 Å². The number of benzene rings is 2.